The summed E-state index contributed by atoms with van der Waals surface area (Å²) in [6.07, 6.45) is 1.81. The van der Waals surface area contributed by atoms with Gasteiger partial charge in [-0.2, -0.15) is 0 Å². The van der Waals surface area contributed by atoms with Crippen LogP contribution in [0.15, 0.2) is 23.1 Å². The fourth-order valence-corrected chi connectivity index (χ4v) is 3.02. The van der Waals surface area contributed by atoms with Crippen molar-refractivity contribution >= 4 is 10.0 Å². The molecule has 1 aromatic rings. The summed E-state index contributed by atoms with van der Waals surface area (Å²) in [5.41, 5.74) is 0. The van der Waals surface area contributed by atoms with Gasteiger partial charge in [0.15, 0.2) is 11.5 Å². The highest BCUT2D eigenvalue weighted by molar-refractivity contribution is 7.89. The Labute approximate surface area is 125 Å². The quantitative estimate of drug-likeness (QED) is 0.738. The maximum Gasteiger partial charge on any atom is 0.240 e. The van der Waals surface area contributed by atoms with Crippen LogP contribution < -0.4 is 19.5 Å². The van der Waals surface area contributed by atoms with Crippen molar-refractivity contribution in [2.75, 3.05) is 32.8 Å². The largest absolute Gasteiger partial charge is 0.490 e. The van der Waals surface area contributed by atoms with E-state index in [9.17, 15) is 8.42 Å². The Morgan fingerprint density at radius 2 is 1.86 bits per heavy atom. The molecule has 1 heterocycles. The summed E-state index contributed by atoms with van der Waals surface area (Å²) in [6, 6.07) is 4.70. The number of sulfonamides is 1. The van der Waals surface area contributed by atoms with Crippen LogP contribution in [0, 0.1) is 0 Å². The van der Waals surface area contributed by atoms with Crippen LogP contribution in [0.5, 0.6) is 11.5 Å². The van der Waals surface area contributed by atoms with E-state index in [-0.39, 0.29) is 4.90 Å². The molecule has 0 radical (unpaired) electrons. The molecule has 0 atom stereocenters. The molecule has 7 heteroatoms. The number of hydrogen-bond donors (Lipinski definition) is 2. The van der Waals surface area contributed by atoms with Crippen molar-refractivity contribution in [3.63, 3.8) is 0 Å². The molecule has 0 saturated carbocycles. The lowest BCUT2D eigenvalue weighted by molar-refractivity contribution is 0.297. The number of rotatable bonds is 7. The second kappa shape index (κ2) is 7.63. The molecule has 0 bridgehead atoms. The Balaban J connectivity index is 2.01. The first-order valence-electron chi connectivity index (χ1n) is 7.23. The van der Waals surface area contributed by atoms with E-state index in [1.54, 1.807) is 6.07 Å². The van der Waals surface area contributed by atoms with Gasteiger partial charge in [-0.15, -0.1) is 0 Å². The van der Waals surface area contributed by atoms with Crippen LogP contribution in [0.1, 0.15) is 19.8 Å². The Morgan fingerprint density at radius 3 is 2.62 bits per heavy atom. The van der Waals surface area contributed by atoms with E-state index in [0.717, 1.165) is 19.4 Å². The zero-order chi connectivity index (χ0) is 15.1. The predicted octanol–water partition coefficient (Wildman–Crippen LogP) is 1.13. The average molecular weight is 314 g/mol. The van der Waals surface area contributed by atoms with Gasteiger partial charge in [-0.1, -0.05) is 6.92 Å². The van der Waals surface area contributed by atoms with Crippen LogP contribution in [-0.4, -0.2) is 41.3 Å². The molecule has 0 spiro atoms. The van der Waals surface area contributed by atoms with Gasteiger partial charge in [-0.05, 0) is 25.1 Å². The molecular weight excluding hydrogens is 292 g/mol. The Hall–Kier alpha value is -1.31. The SMILES string of the molecule is CCCNCCNS(=O)(=O)c1ccc2c(c1)OCCCO2. The fraction of sp³-hybridized carbons (Fsp3) is 0.571. The normalized spacial score (nSPS) is 14.7. The molecule has 1 aliphatic rings. The second-order valence-electron chi connectivity index (χ2n) is 4.81. The minimum Gasteiger partial charge on any atom is -0.490 e. The van der Waals surface area contributed by atoms with Gasteiger partial charge in [0, 0.05) is 25.6 Å². The van der Waals surface area contributed by atoms with E-state index >= 15 is 0 Å². The third-order valence-corrected chi connectivity index (χ3v) is 4.51. The van der Waals surface area contributed by atoms with E-state index in [1.165, 1.54) is 12.1 Å². The monoisotopic (exact) mass is 314 g/mol. The highest BCUT2D eigenvalue weighted by atomic mass is 32.2. The van der Waals surface area contributed by atoms with Gasteiger partial charge >= 0.3 is 0 Å². The average Bonchev–Trinajstić information content (AvgIpc) is 2.71. The Morgan fingerprint density at radius 1 is 1.10 bits per heavy atom. The smallest absolute Gasteiger partial charge is 0.240 e. The molecule has 0 saturated heterocycles. The highest BCUT2D eigenvalue weighted by Gasteiger charge is 2.18. The van der Waals surface area contributed by atoms with Crippen LogP contribution in [-0.2, 0) is 10.0 Å². The summed E-state index contributed by atoms with van der Waals surface area (Å²) >= 11 is 0. The molecular formula is C14H22N2O4S. The van der Waals surface area contributed by atoms with Gasteiger partial charge in [-0.25, -0.2) is 13.1 Å². The van der Waals surface area contributed by atoms with Crippen LogP contribution in [0.3, 0.4) is 0 Å². The van der Waals surface area contributed by atoms with Gasteiger partial charge < -0.3 is 14.8 Å². The number of nitrogens with one attached hydrogen (secondary N) is 2. The van der Waals surface area contributed by atoms with Gasteiger partial charge in [0.05, 0.1) is 18.1 Å². The lowest BCUT2D eigenvalue weighted by Crippen LogP contribution is -2.32. The summed E-state index contributed by atoms with van der Waals surface area (Å²) in [5, 5.41) is 3.15. The molecule has 2 N–H and O–H groups in total. The molecule has 0 unspecified atom stereocenters. The van der Waals surface area contributed by atoms with E-state index in [2.05, 4.69) is 17.0 Å². The lowest BCUT2D eigenvalue weighted by Gasteiger charge is -2.11. The van der Waals surface area contributed by atoms with Crippen molar-refractivity contribution in [3.05, 3.63) is 18.2 Å². The molecule has 0 fully saturated rings. The van der Waals surface area contributed by atoms with Gasteiger partial charge in [0.25, 0.3) is 0 Å². The molecule has 1 aliphatic heterocycles. The van der Waals surface area contributed by atoms with Crippen molar-refractivity contribution in [3.8, 4) is 11.5 Å². The standard InChI is InChI=1S/C14H22N2O4S/c1-2-6-15-7-8-16-21(17,18)12-4-5-13-14(11-12)20-10-3-9-19-13/h4-5,11,15-16H,2-3,6-10H2,1H3. The third-order valence-electron chi connectivity index (χ3n) is 3.05. The van der Waals surface area contributed by atoms with Crippen molar-refractivity contribution in [1.82, 2.24) is 10.0 Å². The zero-order valence-corrected chi connectivity index (χ0v) is 13.0. The number of fused-ring (bicyclic) bond motifs is 1. The highest BCUT2D eigenvalue weighted by Crippen LogP contribution is 2.31. The summed E-state index contributed by atoms with van der Waals surface area (Å²) in [6.45, 7) is 5.03. The maximum atomic E-state index is 12.2. The molecule has 118 valence electrons. The molecule has 0 aliphatic carbocycles. The third kappa shape index (κ3) is 4.59. The van der Waals surface area contributed by atoms with Crippen molar-refractivity contribution < 1.29 is 17.9 Å². The minimum atomic E-state index is -3.52. The Bertz CT molecular complexity index is 560. The summed E-state index contributed by atoms with van der Waals surface area (Å²) in [7, 11) is -3.52. The zero-order valence-electron chi connectivity index (χ0n) is 12.2. The van der Waals surface area contributed by atoms with Crippen molar-refractivity contribution in [2.45, 2.75) is 24.7 Å². The number of benzene rings is 1. The molecule has 6 nitrogen and oxygen atoms in total. The molecule has 1 aromatic carbocycles. The van der Waals surface area contributed by atoms with Gasteiger partial charge in [0.2, 0.25) is 10.0 Å². The van der Waals surface area contributed by atoms with Crippen molar-refractivity contribution in [2.24, 2.45) is 0 Å². The van der Waals surface area contributed by atoms with Crippen molar-refractivity contribution in [1.29, 1.82) is 0 Å². The van der Waals surface area contributed by atoms with Crippen LogP contribution in [0.25, 0.3) is 0 Å². The first kappa shape index (κ1) is 16.1. The van der Waals surface area contributed by atoms with E-state index in [0.29, 0.717) is 37.8 Å². The number of hydrogen-bond acceptors (Lipinski definition) is 5. The summed E-state index contributed by atoms with van der Waals surface area (Å²) in [5.74, 6) is 1.08. The fourth-order valence-electron chi connectivity index (χ4n) is 1.97. The van der Waals surface area contributed by atoms with Crippen LogP contribution >= 0.6 is 0 Å². The molecule has 21 heavy (non-hydrogen) atoms. The summed E-state index contributed by atoms with van der Waals surface area (Å²) in [4.78, 5) is 0.197. The van der Waals surface area contributed by atoms with E-state index in [1.807, 2.05) is 0 Å². The molecule has 0 amide bonds. The molecule has 0 aromatic heterocycles. The second-order valence-corrected chi connectivity index (χ2v) is 6.57. The van der Waals surface area contributed by atoms with Crippen LogP contribution in [0.4, 0.5) is 0 Å². The summed E-state index contributed by atoms with van der Waals surface area (Å²) < 4.78 is 38.0. The van der Waals surface area contributed by atoms with Crippen LogP contribution in [0.2, 0.25) is 0 Å². The minimum absolute atomic E-state index is 0.197. The Kier molecular flexibility index (Phi) is 5.84. The molecule has 2 rings (SSSR count). The van der Waals surface area contributed by atoms with E-state index in [4.69, 9.17) is 9.47 Å². The van der Waals surface area contributed by atoms with Gasteiger partial charge in [-0.3, -0.25) is 0 Å². The topological polar surface area (TPSA) is 76.7 Å². The maximum absolute atomic E-state index is 12.2. The number of ether oxygens (including phenoxy) is 2. The van der Waals surface area contributed by atoms with E-state index < -0.39 is 10.0 Å². The predicted molar refractivity (Wildman–Crippen MR) is 80.4 cm³/mol. The first-order valence-corrected chi connectivity index (χ1v) is 8.72. The van der Waals surface area contributed by atoms with Gasteiger partial charge in [0.1, 0.15) is 0 Å². The first-order chi connectivity index (χ1) is 10.1. The lowest BCUT2D eigenvalue weighted by atomic mass is 10.3.